The number of aromatic carboxylic acids is 1. The van der Waals surface area contributed by atoms with Gasteiger partial charge in [0, 0.05) is 35.4 Å². The monoisotopic (exact) mass is 661 g/mol. The SMILES string of the molecule is CCCCc1ccccc1S(=O)(=O)Nc1ccc(CCc2nc(-c3ccc(Cl)cc3Cl)cn2Cc2ccc(C(=O)O)cc2)cc1. The van der Waals surface area contributed by atoms with Gasteiger partial charge >= 0.3 is 5.97 Å². The number of imidazole rings is 1. The molecule has 0 atom stereocenters. The summed E-state index contributed by atoms with van der Waals surface area (Å²) in [6.07, 6.45) is 5.82. The van der Waals surface area contributed by atoms with E-state index in [4.69, 9.17) is 28.2 Å². The molecule has 0 saturated heterocycles. The zero-order valence-corrected chi connectivity index (χ0v) is 27.0. The molecule has 2 N–H and O–H groups in total. The van der Waals surface area contributed by atoms with E-state index in [0.717, 1.165) is 40.9 Å². The summed E-state index contributed by atoms with van der Waals surface area (Å²) in [5.74, 6) is -0.146. The Morgan fingerprint density at radius 3 is 2.29 bits per heavy atom. The topological polar surface area (TPSA) is 101 Å². The molecule has 1 aromatic heterocycles. The standard InChI is InChI=1S/C35H33Cl2N3O4S/c1-2-3-6-26-7-4-5-8-33(26)45(43,44)39-29-17-11-24(12-18-29)13-20-34-38-32(30-19-16-28(36)21-31(30)37)23-40(34)22-25-9-14-27(15-10-25)35(41)42/h4-5,7-12,14-19,21,23,39H,2-3,6,13,20,22H2,1H3,(H,41,42). The molecule has 5 aromatic rings. The summed E-state index contributed by atoms with van der Waals surface area (Å²) >= 11 is 12.6. The lowest BCUT2D eigenvalue weighted by Crippen LogP contribution is -2.15. The van der Waals surface area contributed by atoms with Crippen molar-refractivity contribution in [3.63, 3.8) is 0 Å². The second-order valence-corrected chi connectivity index (χ2v) is 13.3. The van der Waals surface area contributed by atoms with E-state index in [1.54, 1.807) is 60.7 Å². The van der Waals surface area contributed by atoms with Gasteiger partial charge in [0.05, 0.1) is 21.2 Å². The van der Waals surface area contributed by atoms with E-state index in [1.807, 2.05) is 41.1 Å². The summed E-state index contributed by atoms with van der Waals surface area (Å²) in [6.45, 7) is 2.58. The number of aryl methyl sites for hydroxylation is 3. The Balaban J connectivity index is 1.33. The number of nitrogens with zero attached hydrogens (tertiary/aromatic N) is 2. The van der Waals surface area contributed by atoms with Crippen LogP contribution >= 0.6 is 23.2 Å². The average molecular weight is 663 g/mol. The minimum Gasteiger partial charge on any atom is -0.478 e. The van der Waals surface area contributed by atoms with Crippen LogP contribution in [0.25, 0.3) is 11.3 Å². The smallest absolute Gasteiger partial charge is 0.335 e. The molecule has 232 valence electrons. The third-order valence-electron chi connectivity index (χ3n) is 7.53. The third kappa shape index (κ3) is 8.14. The molecule has 10 heteroatoms. The summed E-state index contributed by atoms with van der Waals surface area (Å²) < 4.78 is 31.2. The number of hydrogen-bond acceptors (Lipinski definition) is 4. The van der Waals surface area contributed by atoms with E-state index in [1.165, 1.54) is 0 Å². The van der Waals surface area contributed by atoms with E-state index in [0.29, 0.717) is 52.1 Å². The number of carboxylic acids is 1. The second-order valence-electron chi connectivity index (χ2n) is 10.8. The third-order valence-corrected chi connectivity index (χ3v) is 9.55. The molecule has 0 aliphatic heterocycles. The molecular weight excluding hydrogens is 629 g/mol. The van der Waals surface area contributed by atoms with Crippen molar-refractivity contribution < 1.29 is 18.3 Å². The first kappa shape index (κ1) is 32.3. The highest BCUT2D eigenvalue weighted by atomic mass is 35.5. The lowest BCUT2D eigenvalue weighted by Gasteiger charge is -2.13. The first-order valence-electron chi connectivity index (χ1n) is 14.7. The fourth-order valence-corrected chi connectivity index (χ4v) is 6.95. The van der Waals surface area contributed by atoms with Gasteiger partial charge in [0.2, 0.25) is 0 Å². The predicted molar refractivity (Wildman–Crippen MR) is 180 cm³/mol. The van der Waals surface area contributed by atoms with Crippen LogP contribution in [0.5, 0.6) is 0 Å². The molecule has 5 rings (SSSR count). The fourth-order valence-electron chi connectivity index (χ4n) is 5.11. The molecule has 4 aromatic carbocycles. The summed E-state index contributed by atoms with van der Waals surface area (Å²) in [5.41, 5.74) is 4.96. The number of sulfonamides is 1. The number of benzene rings is 4. The van der Waals surface area contributed by atoms with Gasteiger partial charge in [-0.3, -0.25) is 4.72 Å². The molecule has 0 aliphatic carbocycles. The van der Waals surface area contributed by atoms with Crippen molar-refractivity contribution >= 4 is 44.9 Å². The fraction of sp³-hybridized carbons (Fsp3) is 0.200. The maximum absolute atomic E-state index is 13.2. The summed E-state index contributed by atoms with van der Waals surface area (Å²) in [6, 6.07) is 26.6. The van der Waals surface area contributed by atoms with Crippen molar-refractivity contribution in [3.05, 3.63) is 135 Å². The Kier molecular flexibility index (Phi) is 10.3. The number of unbranched alkanes of at least 4 members (excludes halogenated alkanes) is 1. The molecule has 0 aliphatic rings. The van der Waals surface area contributed by atoms with Crippen LogP contribution in [0.2, 0.25) is 10.0 Å². The minimum atomic E-state index is -3.73. The maximum Gasteiger partial charge on any atom is 0.335 e. The quantitative estimate of drug-likeness (QED) is 0.132. The number of anilines is 1. The highest BCUT2D eigenvalue weighted by Crippen LogP contribution is 2.30. The number of carbonyl (C=O) groups is 1. The summed E-state index contributed by atoms with van der Waals surface area (Å²) in [5, 5.41) is 10.3. The zero-order valence-electron chi connectivity index (χ0n) is 24.7. The Labute approximate surface area is 273 Å². The van der Waals surface area contributed by atoms with Crippen LogP contribution in [-0.2, 0) is 35.8 Å². The van der Waals surface area contributed by atoms with Gasteiger partial charge in [0.15, 0.2) is 0 Å². The molecular formula is C35H33Cl2N3O4S. The van der Waals surface area contributed by atoms with Gasteiger partial charge < -0.3 is 9.67 Å². The summed E-state index contributed by atoms with van der Waals surface area (Å²) in [7, 11) is -3.73. The molecule has 45 heavy (non-hydrogen) atoms. The van der Waals surface area contributed by atoms with Crippen molar-refractivity contribution in [3.8, 4) is 11.3 Å². The van der Waals surface area contributed by atoms with Crippen molar-refractivity contribution in [2.24, 2.45) is 0 Å². The largest absolute Gasteiger partial charge is 0.478 e. The Morgan fingerprint density at radius 2 is 1.60 bits per heavy atom. The number of carboxylic acid groups (broad SMARTS) is 1. The number of aromatic nitrogens is 2. The minimum absolute atomic E-state index is 0.227. The predicted octanol–water partition coefficient (Wildman–Crippen LogP) is 8.53. The van der Waals surface area contributed by atoms with Crippen molar-refractivity contribution in [1.82, 2.24) is 9.55 Å². The van der Waals surface area contributed by atoms with Crippen LogP contribution in [0.4, 0.5) is 5.69 Å². The normalized spacial score (nSPS) is 11.4. The molecule has 0 bridgehead atoms. The van der Waals surface area contributed by atoms with Gasteiger partial charge in [0.1, 0.15) is 5.82 Å². The number of hydrogen-bond donors (Lipinski definition) is 2. The molecule has 0 spiro atoms. The lowest BCUT2D eigenvalue weighted by molar-refractivity contribution is 0.0697. The molecule has 0 fully saturated rings. The number of nitrogens with one attached hydrogen (secondary N) is 1. The first-order valence-corrected chi connectivity index (χ1v) is 16.9. The van der Waals surface area contributed by atoms with Crippen molar-refractivity contribution in [1.29, 1.82) is 0 Å². The lowest BCUT2D eigenvalue weighted by atomic mass is 10.1. The molecule has 7 nitrogen and oxygen atoms in total. The van der Waals surface area contributed by atoms with Gasteiger partial charge in [-0.05, 0) is 84.5 Å². The van der Waals surface area contributed by atoms with E-state index >= 15 is 0 Å². The van der Waals surface area contributed by atoms with Crippen LogP contribution in [0.15, 0.2) is 102 Å². The van der Waals surface area contributed by atoms with Crippen LogP contribution in [0.3, 0.4) is 0 Å². The van der Waals surface area contributed by atoms with Gasteiger partial charge in [-0.1, -0.05) is 79.0 Å². The van der Waals surface area contributed by atoms with Crippen LogP contribution in [0, 0.1) is 0 Å². The van der Waals surface area contributed by atoms with E-state index < -0.39 is 16.0 Å². The first-order chi connectivity index (χ1) is 21.6. The van der Waals surface area contributed by atoms with Crippen molar-refractivity contribution in [2.45, 2.75) is 50.5 Å². The highest BCUT2D eigenvalue weighted by Gasteiger charge is 2.18. The Morgan fingerprint density at radius 1 is 0.889 bits per heavy atom. The number of halogens is 2. The molecule has 0 amide bonds. The van der Waals surface area contributed by atoms with Crippen LogP contribution in [0.1, 0.15) is 52.6 Å². The zero-order chi connectivity index (χ0) is 32.0. The molecule has 1 heterocycles. The molecule has 0 unspecified atom stereocenters. The molecule has 0 saturated carbocycles. The second kappa shape index (κ2) is 14.3. The number of rotatable bonds is 13. The summed E-state index contributed by atoms with van der Waals surface area (Å²) in [4.78, 5) is 16.5. The van der Waals surface area contributed by atoms with E-state index in [9.17, 15) is 18.3 Å². The van der Waals surface area contributed by atoms with Gasteiger partial charge in [-0.15, -0.1) is 0 Å². The van der Waals surface area contributed by atoms with Gasteiger partial charge in [0.25, 0.3) is 10.0 Å². The average Bonchev–Trinajstić information content (AvgIpc) is 3.41. The highest BCUT2D eigenvalue weighted by molar-refractivity contribution is 7.92. The molecule has 0 radical (unpaired) electrons. The van der Waals surface area contributed by atoms with Gasteiger partial charge in [-0.25, -0.2) is 18.2 Å². The van der Waals surface area contributed by atoms with Gasteiger partial charge in [-0.2, -0.15) is 0 Å². The Hall–Kier alpha value is -4.11. The van der Waals surface area contributed by atoms with Crippen LogP contribution in [-0.4, -0.2) is 29.0 Å². The Bertz CT molecular complexity index is 1900. The van der Waals surface area contributed by atoms with E-state index in [-0.39, 0.29) is 5.56 Å². The maximum atomic E-state index is 13.2. The van der Waals surface area contributed by atoms with Crippen molar-refractivity contribution in [2.75, 3.05) is 4.72 Å². The van der Waals surface area contributed by atoms with E-state index in [2.05, 4.69) is 11.6 Å². The van der Waals surface area contributed by atoms with Crippen LogP contribution < -0.4 is 4.72 Å².